The summed E-state index contributed by atoms with van der Waals surface area (Å²) in [6, 6.07) is 25.8. The SMILES string of the molecule is C[C@H](N)C(=O)C1(N)N=C(c2ccccc2)c2ccccc2N(CCc2ccccc2)C1=O. The fourth-order valence-corrected chi connectivity index (χ4v) is 3.94. The van der Waals surface area contributed by atoms with E-state index in [0.717, 1.165) is 16.7 Å². The van der Waals surface area contributed by atoms with Gasteiger partial charge in [0.25, 0.3) is 5.91 Å². The molecule has 4 N–H and O–H groups in total. The number of benzene rings is 3. The normalized spacial score (nSPS) is 19.0. The molecule has 1 unspecified atom stereocenters. The Balaban J connectivity index is 1.88. The van der Waals surface area contributed by atoms with Crippen molar-refractivity contribution < 1.29 is 9.59 Å². The van der Waals surface area contributed by atoms with E-state index >= 15 is 0 Å². The topological polar surface area (TPSA) is 102 Å². The number of carbonyl (C=O) groups excluding carboxylic acids is 2. The van der Waals surface area contributed by atoms with E-state index in [2.05, 4.69) is 4.99 Å². The highest BCUT2D eigenvalue weighted by Crippen LogP contribution is 2.31. The number of carbonyl (C=O) groups is 2. The molecule has 0 bridgehead atoms. The van der Waals surface area contributed by atoms with E-state index < -0.39 is 23.4 Å². The molecule has 0 saturated carbocycles. The molecule has 2 atom stereocenters. The minimum absolute atomic E-state index is 0.350. The van der Waals surface area contributed by atoms with Gasteiger partial charge in [-0.1, -0.05) is 78.9 Å². The van der Waals surface area contributed by atoms with Crippen molar-refractivity contribution >= 4 is 23.1 Å². The molecule has 162 valence electrons. The third-order valence-electron chi connectivity index (χ3n) is 5.61. The van der Waals surface area contributed by atoms with E-state index in [1.54, 1.807) is 4.90 Å². The first-order valence-electron chi connectivity index (χ1n) is 10.6. The molecular formula is C26H26N4O2. The fourth-order valence-electron chi connectivity index (χ4n) is 3.94. The van der Waals surface area contributed by atoms with Crippen LogP contribution in [0.2, 0.25) is 0 Å². The number of aliphatic imine (C=N–C) groups is 1. The maximum absolute atomic E-state index is 13.8. The van der Waals surface area contributed by atoms with Crippen LogP contribution in [-0.4, -0.2) is 35.7 Å². The Morgan fingerprint density at radius 1 is 0.969 bits per heavy atom. The highest BCUT2D eigenvalue weighted by atomic mass is 16.2. The van der Waals surface area contributed by atoms with Crippen molar-refractivity contribution in [3.05, 3.63) is 102 Å². The van der Waals surface area contributed by atoms with Gasteiger partial charge in [-0.05, 0) is 25.0 Å². The average Bonchev–Trinajstić information content (AvgIpc) is 2.92. The monoisotopic (exact) mass is 426 g/mol. The van der Waals surface area contributed by atoms with Gasteiger partial charge in [0.2, 0.25) is 11.4 Å². The largest absolute Gasteiger partial charge is 0.322 e. The third kappa shape index (κ3) is 3.98. The standard InChI is InChI=1S/C26H26N4O2/c1-18(27)24(31)26(28)25(32)30(17-16-19-10-4-2-5-11-19)22-15-9-8-14-21(22)23(29-26)20-12-6-3-7-13-20/h2-15,18H,16-17,27-28H2,1H3/t18-,26?/m0/s1. The lowest BCUT2D eigenvalue weighted by atomic mass is 9.98. The molecule has 0 fully saturated rings. The smallest absolute Gasteiger partial charge is 0.277 e. The summed E-state index contributed by atoms with van der Waals surface area (Å²) in [6.07, 6.45) is 0.601. The van der Waals surface area contributed by atoms with Crippen molar-refractivity contribution in [1.29, 1.82) is 0 Å². The molecule has 0 saturated heterocycles. The molecule has 6 heteroatoms. The first kappa shape index (κ1) is 21.6. The number of hydrogen-bond donors (Lipinski definition) is 2. The Hall–Kier alpha value is -3.61. The predicted octanol–water partition coefficient (Wildman–Crippen LogP) is 2.68. The highest BCUT2D eigenvalue weighted by molar-refractivity contribution is 6.26. The van der Waals surface area contributed by atoms with Crippen LogP contribution in [0.4, 0.5) is 5.69 Å². The summed E-state index contributed by atoms with van der Waals surface area (Å²) >= 11 is 0. The van der Waals surface area contributed by atoms with Crippen LogP contribution in [0.1, 0.15) is 23.6 Å². The second-order valence-corrected chi connectivity index (χ2v) is 7.96. The Morgan fingerprint density at radius 3 is 2.22 bits per heavy atom. The van der Waals surface area contributed by atoms with Crippen LogP contribution < -0.4 is 16.4 Å². The average molecular weight is 427 g/mol. The number of nitrogens with zero attached hydrogens (tertiary/aromatic N) is 2. The zero-order valence-electron chi connectivity index (χ0n) is 17.9. The van der Waals surface area contributed by atoms with Crippen LogP contribution in [0.25, 0.3) is 0 Å². The lowest BCUT2D eigenvalue weighted by Crippen LogP contribution is -2.63. The first-order valence-corrected chi connectivity index (χ1v) is 10.6. The minimum Gasteiger partial charge on any atom is -0.322 e. The lowest BCUT2D eigenvalue weighted by molar-refractivity contribution is -0.134. The van der Waals surface area contributed by atoms with E-state index in [0.29, 0.717) is 24.4 Å². The van der Waals surface area contributed by atoms with Gasteiger partial charge in [-0.15, -0.1) is 0 Å². The van der Waals surface area contributed by atoms with Gasteiger partial charge in [0, 0.05) is 17.7 Å². The van der Waals surface area contributed by atoms with Gasteiger partial charge in [-0.3, -0.25) is 15.3 Å². The fraction of sp³-hybridized carbons (Fsp3) is 0.192. The molecule has 3 aromatic rings. The van der Waals surface area contributed by atoms with Gasteiger partial charge in [0.1, 0.15) is 0 Å². The summed E-state index contributed by atoms with van der Waals surface area (Å²) in [5.74, 6) is -1.19. The van der Waals surface area contributed by atoms with Gasteiger partial charge >= 0.3 is 0 Å². The van der Waals surface area contributed by atoms with Crippen molar-refractivity contribution in [2.75, 3.05) is 11.4 Å². The Morgan fingerprint density at radius 2 is 1.56 bits per heavy atom. The van der Waals surface area contributed by atoms with Crippen LogP contribution in [-0.2, 0) is 16.0 Å². The Labute approximate surface area is 187 Å². The predicted molar refractivity (Wildman–Crippen MR) is 127 cm³/mol. The van der Waals surface area contributed by atoms with Crippen molar-refractivity contribution in [3.8, 4) is 0 Å². The quantitative estimate of drug-likeness (QED) is 0.592. The number of benzodiazepines with no additional fused rings is 1. The van der Waals surface area contributed by atoms with Crippen LogP contribution in [0.5, 0.6) is 0 Å². The van der Waals surface area contributed by atoms with Gasteiger partial charge in [0.15, 0.2) is 0 Å². The number of anilines is 1. The molecule has 6 nitrogen and oxygen atoms in total. The third-order valence-corrected chi connectivity index (χ3v) is 5.61. The van der Waals surface area contributed by atoms with Crippen molar-refractivity contribution in [2.45, 2.75) is 25.0 Å². The molecule has 0 aromatic heterocycles. The molecule has 0 spiro atoms. The number of rotatable bonds is 6. The highest BCUT2D eigenvalue weighted by Gasteiger charge is 2.48. The van der Waals surface area contributed by atoms with Gasteiger partial charge in [0.05, 0.1) is 17.4 Å². The molecule has 1 aliphatic rings. The van der Waals surface area contributed by atoms with Crippen molar-refractivity contribution in [1.82, 2.24) is 0 Å². The molecule has 4 rings (SSSR count). The molecule has 1 amide bonds. The van der Waals surface area contributed by atoms with Crippen LogP contribution in [0, 0.1) is 0 Å². The van der Waals surface area contributed by atoms with Crippen molar-refractivity contribution in [3.63, 3.8) is 0 Å². The zero-order valence-corrected chi connectivity index (χ0v) is 17.9. The number of Topliss-reactive ketones (excluding diaryl/α,β-unsaturated/α-hetero) is 1. The summed E-state index contributed by atoms with van der Waals surface area (Å²) in [5.41, 5.74) is 14.0. The minimum atomic E-state index is -2.12. The van der Waals surface area contributed by atoms with Crippen LogP contribution in [0.15, 0.2) is 89.9 Å². The molecular weight excluding hydrogens is 400 g/mol. The Bertz CT molecular complexity index is 1160. The summed E-state index contributed by atoms with van der Waals surface area (Å²) in [6.45, 7) is 1.87. The summed E-state index contributed by atoms with van der Waals surface area (Å²) in [4.78, 5) is 33.1. The molecule has 32 heavy (non-hydrogen) atoms. The first-order chi connectivity index (χ1) is 15.4. The van der Waals surface area contributed by atoms with E-state index in [9.17, 15) is 9.59 Å². The lowest BCUT2D eigenvalue weighted by Gasteiger charge is -2.30. The van der Waals surface area contributed by atoms with Gasteiger partial charge in [-0.25, -0.2) is 4.99 Å². The summed E-state index contributed by atoms with van der Waals surface area (Å²) < 4.78 is 0. The second kappa shape index (κ2) is 8.86. The van der Waals surface area contributed by atoms with E-state index in [1.165, 1.54) is 6.92 Å². The maximum atomic E-state index is 13.8. The summed E-state index contributed by atoms with van der Waals surface area (Å²) in [5, 5.41) is 0. The van der Waals surface area contributed by atoms with Crippen LogP contribution in [0.3, 0.4) is 0 Å². The molecule has 0 radical (unpaired) electrons. The van der Waals surface area contributed by atoms with Gasteiger partial charge in [-0.2, -0.15) is 0 Å². The molecule has 1 aliphatic heterocycles. The van der Waals surface area contributed by atoms with Gasteiger partial charge < -0.3 is 10.6 Å². The van der Waals surface area contributed by atoms with E-state index in [1.807, 2.05) is 84.9 Å². The molecule has 0 aliphatic carbocycles. The number of ketones is 1. The van der Waals surface area contributed by atoms with E-state index in [-0.39, 0.29) is 0 Å². The van der Waals surface area contributed by atoms with Crippen molar-refractivity contribution in [2.24, 2.45) is 16.5 Å². The number of fused-ring (bicyclic) bond motifs is 1. The molecule has 3 aromatic carbocycles. The number of para-hydroxylation sites is 1. The number of nitrogens with two attached hydrogens (primary N) is 2. The zero-order chi connectivity index (χ0) is 22.7. The van der Waals surface area contributed by atoms with Crippen LogP contribution >= 0.6 is 0 Å². The second-order valence-electron chi connectivity index (χ2n) is 7.96. The Kier molecular flexibility index (Phi) is 5.99. The number of amides is 1. The number of hydrogen-bond acceptors (Lipinski definition) is 5. The van der Waals surface area contributed by atoms with E-state index in [4.69, 9.17) is 11.5 Å². The molecule has 1 heterocycles. The maximum Gasteiger partial charge on any atom is 0.277 e. The summed E-state index contributed by atoms with van der Waals surface area (Å²) in [7, 11) is 0.